The quantitative estimate of drug-likeness (QED) is 0.346. The number of hydrogen-bond acceptors (Lipinski definition) is 4. The number of methoxy groups -OCH3 is 1. The van der Waals surface area contributed by atoms with E-state index in [1.807, 2.05) is 0 Å². The second kappa shape index (κ2) is 4.83. The summed E-state index contributed by atoms with van der Waals surface area (Å²) in [5, 5.41) is 0. The molecule has 0 aliphatic rings. The Bertz CT molecular complexity index is 342. The number of nitrogen functional groups attached to an aromatic ring is 1. The minimum Gasteiger partial charge on any atom is -0.465 e. The molecule has 1 aromatic rings. The maximum Gasteiger partial charge on any atom is 0.338 e. The molecule has 0 radical (unpaired) electrons. The van der Waals surface area contributed by atoms with E-state index in [0.29, 0.717) is 11.3 Å². The van der Waals surface area contributed by atoms with Crippen LogP contribution in [0.25, 0.3) is 0 Å². The van der Waals surface area contributed by atoms with E-state index in [1.165, 1.54) is 7.11 Å². The topological polar surface area (TPSA) is 64.3 Å². The fraction of sp³-hybridized carbons (Fsp3) is 0.222. The molecule has 0 spiro atoms. The molecule has 0 saturated heterocycles. The Balaban J connectivity index is 3.14. The number of alkyl halides is 1. The van der Waals surface area contributed by atoms with Gasteiger partial charge in [-0.25, -0.2) is 4.79 Å². The van der Waals surface area contributed by atoms with Gasteiger partial charge in [-0.3, -0.25) is 5.84 Å². The number of nitrogens with one attached hydrogen (secondary N) is 1. The normalized spacial score (nSPS) is 9.64. The number of carbonyl (C=O) groups is 1. The Morgan fingerprint density at radius 2 is 2.36 bits per heavy atom. The maximum absolute atomic E-state index is 11.3. The monoisotopic (exact) mass is 214 g/mol. The van der Waals surface area contributed by atoms with Crippen LogP contribution in [0.3, 0.4) is 0 Å². The van der Waals surface area contributed by atoms with Crippen molar-refractivity contribution in [1.29, 1.82) is 0 Å². The highest BCUT2D eigenvalue weighted by Crippen LogP contribution is 2.17. The number of ether oxygens (including phenoxy) is 1. The summed E-state index contributed by atoms with van der Waals surface area (Å²) in [7, 11) is 1.32. The first-order chi connectivity index (χ1) is 6.72. The standard InChI is InChI=1S/C9H11ClN2O2/c1-14-9(13)8-4-7(12-11)3-2-6(8)5-10/h2-4,12H,5,11H2,1H3. The van der Waals surface area contributed by atoms with Crippen molar-refractivity contribution in [2.24, 2.45) is 5.84 Å². The summed E-state index contributed by atoms with van der Waals surface area (Å²) in [4.78, 5) is 11.3. The Morgan fingerprint density at radius 1 is 1.64 bits per heavy atom. The van der Waals surface area contributed by atoms with Gasteiger partial charge in [0.15, 0.2) is 0 Å². The summed E-state index contributed by atoms with van der Waals surface area (Å²) >= 11 is 5.67. The molecule has 0 fully saturated rings. The smallest absolute Gasteiger partial charge is 0.338 e. The number of nitrogens with two attached hydrogens (primary N) is 1. The highest BCUT2D eigenvalue weighted by molar-refractivity contribution is 6.17. The number of carbonyl (C=O) groups excluding carboxylic acids is 1. The first-order valence-corrected chi connectivity index (χ1v) is 4.50. The summed E-state index contributed by atoms with van der Waals surface area (Å²) in [5.41, 5.74) is 4.23. The Labute approximate surface area is 87.0 Å². The molecule has 4 nitrogen and oxygen atoms in total. The lowest BCUT2D eigenvalue weighted by Gasteiger charge is -2.07. The molecule has 0 saturated carbocycles. The first-order valence-electron chi connectivity index (χ1n) is 3.96. The zero-order valence-corrected chi connectivity index (χ0v) is 8.47. The van der Waals surface area contributed by atoms with Crippen LogP contribution in [-0.2, 0) is 10.6 Å². The van der Waals surface area contributed by atoms with Crippen LogP contribution in [0.15, 0.2) is 18.2 Å². The van der Waals surface area contributed by atoms with Crippen molar-refractivity contribution in [3.8, 4) is 0 Å². The van der Waals surface area contributed by atoms with Gasteiger partial charge in [0.05, 0.1) is 12.7 Å². The maximum atomic E-state index is 11.3. The van der Waals surface area contributed by atoms with Gasteiger partial charge < -0.3 is 10.2 Å². The van der Waals surface area contributed by atoms with Gasteiger partial charge in [-0.05, 0) is 17.7 Å². The van der Waals surface area contributed by atoms with Crippen LogP contribution in [0.1, 0.15) is 15.9 Å². The zero-order valence-electron chi connectivity index (χ0n) is 7.71. The Kier molecular flexibility index (Phi) is 3.73. The first kappa shape index (κ1) is 10.8. The third-order valence-electron chi connectivity index (χ3n) is 1.83. The van der Waals surface area contributed by atoms with Gasteiger partial charge in [-0.2, -0.15) is 0 Å². The average Bonchev–Trinajstić information content (AvgIpc) is 2.27. The number of rotatable bonds is 3. The van der Waals surface area contributed by atoms with E-state index in [2.05, 4.69) is 10.2 Å². The van der Waals surface area contributed by atoms with Gasteiger partial charge in [0, 0.05) is 11.6 Å². The fourth-order valence-corrected chi connectivity index (χ4v) is 1.32. The Hall–Kier alpha value is -1.26. The lowest BCUT2D eigenvalue weighted by atomic mass is 10.1. The summed E-state index contributed by atoms with van der Waals surface area (Å²) in [5.74, 6) is 5.06. The zero-order chi connectivity index (χ0) is 10.6. The molecule has 1 aromatic carbocycles. The van der Waals surface area contributed by atoms with E-state index in [0.717, 1.165) is 5.56 Å². The van der Waals surface area contributed by atoms with Gasteiger partial charge in [0.2, 0.25) is 0 Å². The second-order valence-electron chi connectivity index (χ2n) is 2.64. The van der Waals surface area contributed by atoms with Gasteiger partial charge in [0.25, 0.3) is 0 Å². The largest absolute Gasteiger partial charge is 0.465 e. The molecule has 0 heterocycles. The molecule has 1 rings (SSSR count). The molecule has 0 aromatic heterocycles. The van der Waals surface area contributed by atoms with Crippen molar-refractivity contribution >= 4 is 23.3 Å². The summed E-state index contributed by atoms with van der Waals surface area (Å²) in [6.07, 6.45) is 0. The Morgan fingerprint density at radius 3 is 2.86 bits per heavy atom. The number of anilines is 1. The highest BCUT2D eigenvalue weighted by Gasteiger charge is 2.11. The van der Waals surface area contributed by atoms with Crippen LogP contribution >= 0.6 is 11.6 Å². The van der Waals surface area contributed by atoms with Crippen molar-refractivity contribution in [1.82, 2.24) is 0 Å². The van der Waals surface area contributed by atoms with Gasteiger partial charge in [-0.1, -0.05) is 6.07 Å². The van der Waals surface area contributed by atoms with Crippen molar-refractivity contribution in [2.45, 2.75) is 5.88 Å². The van der Waals surface area contributed by atoms with Crippen molar-refractivity contribution in [3.05, 3.63) is 29.3 Å². The molecule has 14 heavy (non-hydrogen) atoms. The number of hydrogen-bond donors (Lipinski definition) is 2. The SMILES string of the molecule is COC(=O)c1cc(NN)ccc1CCl. The van der Waals surface area contributed by atoms with E-state index < -0.39 is 5.97 Å². The van der Waals surface area contributed by atoms with Gasteiger partial charge in [-0.15, -0.1) is 11.6 Å². The number of esters is 1. The van der Waals surface area contributed by atoms with E-state index in [4.69, 9.17) is 17.4 Å². The molecule has 0 atom stereocenters. The number of benzene rings is 1. The van der Waals surface area contributed by atoms with Crippen LogP contribution in [0, 0.1) is 0 Å². The minimum atomic E-state index is -0.419. The summed E-state index contributed by atoms with van der Waals surface area (Å²) in [6.45, 7) is 0. The molecule has 0 aliphatic heterocycles. The van der Waals surface area contributed by atoms with Crippen LogP contribution in [0.2, 0.25) is 0 Å². The van der Waals surface area contributed by atoms with Crippen LogP contribution < -0.4 is 11.3 Å². The second-order valence-corrected chi connectivity index (χ2v) is 2.91. The molecular weight excluding hydrogens is 204 g/mol. The summed E-state index contributed by atoms with van der Waals surface area (Å²) < 4.78 is 4.61. The fourth-order valence-electron chi connectivity index (χ4n) is 1.08. The number of halogens is 1. The van der Waals surface area contributed by atoms with E-state index in [1.54, 1.807) is 18.2 Å². The third-order valence-corrected chi connectivity index (χ3v) is 2.11. The van der Waals surface area contributed by atoms with E-state index in [-0.39, 0.29) is 5.88 Å². The van der Waals surface area contributed by atoms with E-state index >= 15 is 0 Å². The molecule has 0 unspecified atom stereocenters. The lowest BCUT2D eigenvalue weighted by Crippen LogP contribution is -2.10. The van der Waals surface area contributed by atoms with Gasteiger partial charge >= 0.3 is 5.97 Å². The van der Waals surface area contributed by atoms with Crippen molar-refractivity contribution in [3.63, 3.8) is 0 Å². The number of hydrazine groups is 1. The van der Waals surface area contributed by atoms with E-state index in [9.17, 15) is 4.79 Å². The summed E-state index contributed by atoms with van der Waals surface area (Å²) in [6, 6.07) is 5.07. The molecule has 0 amide bonds. The molecular formula is C9H11ClN2O2. The lowest BCUT2D eigenvalue weighted by molar-refractivity contribution is 0.0600. The molecule has 5 heteroatoms. The highest BCUT2D eigenvalue weighted by atomic mass is 35.5. The van der Waals surface area contributed by atoms with Gasteiger partial charge in [0.1, 0.15) is 0 Å². The molecule has 76 valence electrons. The van der Waals surface area contributed by atoms with Crippen LogP contribution in [0.4, 0.5) is 5.69 Å². The predicted molar refractivity (Wildman–Crippen MR) is 55.1 cm³/mol. The van der Waals surface area contributed by atoms with Crippen LogP contribution in [-0.4, -0.2) is 13.1 Å². The molecule has 0 bridgehead atoms. The average molecular weight is 215 g/mol. The molecule has 3 N–H and O–H groups in total. The van der Waals surface area contributed by atoms with Crippen molar-refractivity contribution in [2.75, 3.05) is 12.5 Å². The van der Waals surface area contributed by atoms with Crippen LogP contribution in [0.5, 0.6) is 0 Å². The predicted octanol–water partition coefficient (Wildman–Crippen LogP) is 1.50. The third kappa shape index (κ3) is 2.16. The minimum absolute atomic E-state index is 0.259. The van der Waals surface area contributed by atoms with Crippen molar-refractivity contribution < 1.29 is 9.53 Å². The molecule has 0 aliphatic carbocycles.